The predicted octanol–water partition coefficient (Wildman–Crippen LogP) is 9.42. The number of nitro benzene ring substituents is 1. The molecule has 3 saturated carbocycles. The number of hydrogen-bond donors (Lipinski definition) is 2. The summed E-state index contributed by atoms with van der Waals surface area (Å²) in [5.41, 5.74) is 0.671. The fraction of sp³-hybridized carbons (Fsp3) is 0.773. The number of para-hydroxylation sites is 1. The number of sulfonamides is 1. The number of fused-ring (bicyclic) bond motifs is 5. The first-order chi connectivity index (χ1) is 26.3. The van der Waals surface area contributed by atoms with Gasteiger partial charge >= 0.3 is 6.09 Å². The fourth-order valence-electron chi connectivity index (χ4n) is 11.5. The van der Waals surface area contributed by atoms with E-state index in [0.29, 0.717) is 36.5 Å². The van der Waals surface area contributed by atoms with Crippen molar-refractivity contribution in [3.05, 3.63) is 46.0 Å². The number of ether oxygens (including phenoxy) is 1. The molecule has 8 atom stereocenters. The van der Waals surface area contributed by atoms with Crippen LogP contribution in [0.25, 0.3) is 0 Å². The molecule has 0 heterocycles. The molecule has 5 rings (SSSR count). The fourth-order valence-corrected chi connectivity index (χ4v) is 13.4. The van der Waals surface area contributed by atoms with Gasteiger partial charge in [-0.15, -0.1) is 0 Å². The minimum absolute atomic E-state index is 0.0111. The van der Waals surface area contributed by atoms with Gasteiger partial charge in [-0.05, 0) is 131 Å². The number of amides is 2. The molecule has 2 amide bonds. The lowest BCUT2D eigenvalue weighted by atomic mass is 9.47. The number of nitrogens with one attached hydrogen (secondary N) is 2. The van der Waals surface area contributed by atoms with Crippen LogP contribution in [-0.4, -0.2) is 60.9 Å². The maximum atomic E-state index is 14.5. The summed E-state index contributed by atoms with van der Waals surface area (Å²) < 4.78 is 35.6. The van der Waals surface area contributed by atoms with Crippen LogP contribution >= 0.6 is 0 Å². The average molecular weight is 799 g/mol. The molecule has 56 heavy (non-hydrogen) atoms. The normalized spacial score (nSPS) is 29.5. The van der Waals surface area contributed by atoms with Gasteiger partial charge in [0.25, 0.3) is 5.69 Å². The van der Waals surface area contributed by atoms with Gasteiger partial charge in [0.1, 0.15) is 5.60 Å². The van der Waals surface area contributed by atoms with E-state index in [0.717, 1.165) is 36.5 Å². The van der Waals surface area contributed by atoms with Gasteiger partial charge in [-0.25, -0.2) is 13.2 Å². The van der Waals surface area contributed by atoms with Crippen molar-refractivity contribution in [3.8, 4) is 0 Å². The second kappa shape index (κ2) is 17.9. The zero-order valence-corrected chi connectivity index (χ0v) is 36.2. The van der Waals surface area contributed by atoms with Crippen molar-refractivity contribution >= 4 is 27.7 Å². The lowest BCUT2D eigenvalue weighted by Crippen LogP contribution is -2.53. The Morgan fingerprint density at radius 3 is 2.41 bits per heavy atom. The van der Waals surface area contributed by atoms with Crippen LogP contribution in [0.1, 0.15) is 139 Å². The van der Waals surface area contributed by atoms with E-state index >= 15 is 0 Å². The van der Waals surface area contributed by atoms with Crippen LogP contribution in [0.5, 0.6) is 0 Å². The summed E-state index contributed by atoms with van der Waals surface area (Å²) in [6, 6.07) is 5.24. The van der Waals surface area contributed by atoms with Crippen LogP contribution in [0, 0.1) is 56.5 Å². The van der Waals surface area contributed by atoms with Crippen LogP contribution in [0.15, 0.2) is 40.8 Å². The molecule has 11 nitrogen and oxygen atoms in total. The predicted molar refractivity (Wildman–Crippen MR) is 220 cm³/mol. The van der Waals surface area contributed by atoms with Gasteiger partial charge < -0.3 is 15.4 Å². The van der Waals surface area contributed by atoms with Crippen molar-refractivity contribution < 1.29 is 27.7 Å². The molecule has 1 aromatic carbocycles. The van der Waals surface area contributed by atoms with Crippen LogP contribution in [0.3, 0.4) is 0 Å². The Balaban J connectivity index is 1.28. The van der Waals surface area contributed by atoms with E-state index in [1.807, 2.05) is 0 Å². The van der Waals surface area contributed by atoms with Crippen LogP contribution < -0.4 is 10.6 Å². The molecule has 3 fully saturated rings. The first-order valence-electron chi connectivity index (χ1n) is 21.5. The molecule has 314 valence electrons. The maximum Gasteiger partial charge on any atom is 0.407 e. The number of carbonyl (C=O) groups excluding carboxylic acids is 2. The largest absolute Gasteiger partial charge is 0.444 e. The highest BCUT2D eigenvalue weighted by Crippen LogP contribution is 2.67. The Morgan fingerprint density at radius 2 is 1.71 bits per heavy atom. The minimum Gasteiger partial charge on any atom is -0.444 e. The van der Waals surface area contributed by atoms with Crippen molar-refractivity contribution in [1.29, 1.82) is 0 Å². The lowest BCUT2D eigenvalue weighted by Gasteiger charge is -2.59. The molecule has 1 aromatic rings. The monoisotopic (exact) mass is 798 g/mol. The van der Waals surface area contributed by atoms with Gasteiger partial charge in [0.2, 0.25) is 15.9 Å². The zero-order chi connectivity index (χ0) is 41.1. The molecule has 0 aromatic heterocycles. The van der Waals surface area contributed by atoms with E-state index in [9.17, 15) is 28.1 Å². The quantitative estimate of drug-likeness (QED) is 0.0733. The number of nitro groups is 1. The van der Waals surface area contributed by atoms with Crippen molar-refractivity contribution in [2.24, 2.45) is 46.3 Å². The molecule has 2 N–H and O–H groups in total. The number of rotatable bonds is 16. The summed E-state index contributed by atoms with van der Waals surface area (Å²) in [5, 5.41) is 17.4. The Labute approximate surface area is 336 Å². The van der Waals surface area contributed by atoms with Gasteiger partial charge in [-0.2, -0.15) is 4.31 Å². The van der Waals surface area contributed by atoms with E-state index in [1.54, 1.807) is 20.8 Å². The van der Waals surface area contributed by atoms with Crippen LogP contribution in [0.4, 0.5) is 10.5 Å². The van der Waals surface area contributed by atoms with E-state index < -0.39 is 32.3 Å². The molecule has 0 aliphatic heterocycles. The number of benzene rings is 1. The van der Waals surface area contributed by atoms with E-state index in [4.69, 9.17) is 4.74 Å². The zero-order valence-electron chi connectivity index (χ0n) is 35.4. The van der Waals surface area contributed by atoms with Crippen molar-refractivity contribution in [3.63, 3.8) is 0 Å². The molecule has 0 radical (unpaired) electrons. The van der Waals surface area contributed by atoms with Gasteiger partial charge in [0.15, 0.2) is 4.90 Å². The number of allylic oxidation sites excluding steroid dienone is 1. The number of hydrogen-bond acceptors (Lipinski definition) is 7. The summed E-state index contributed by atoms with van der Waals surface area (Å²) in [6.45, 7) is 17.9. The highest BCUT2D eigenvalue weighted by molar-refractivity contribution is 7.89. The van der Waals surface area contributed by atoms with Crippen LogP contribution in [-0.2, 0) is 19.6 Å². The SMILES string of the molecule is CC(C)CCC[C@@H](C)[C@H]1CCC2C3CC=C4C[C@@H](N(CCCNC(=O)CCNC(=O)OC(C)(C)C)S(=O)(=O)c5ccccc5[N+](=O)[O-])CC[C@]4(C)C3CC[C@@]21C. The first-order valence-corrected chi connectivity index (χ1v) is 22.9. The van der Waals surface area contributed by atoms with Crippen molar-refractivity contribution in [2.45, 2.75) is 155 Å². The Morgan fingerprint density at radius 1 is 0.982 bits per heavy atom. The first kappa shape index (κ1) is 44.1. The summed E-state index contributed by atoms with van der Waals surface area (Å²) >= 11 is 0. The molecule has 3 unspecified atom stereocenters. The minimum atomic E-state index is -4.25. The second-order valence-electron chi connectivity index (χ2n) is 19.4. The number of nitrogens with zero attached hydrogens (tertiary/aromatic N) is 2. The summed E-state index contributed by atoms with van der Waals surface area (Å²) in [6.07, 6.45) is 14.6. The summed E-state index contributed by atoms with van der Waals surface area (Å²) in [4.78, 5) is 35.6. The molecule has 0 bridgehead atoms. The highest BCUT2D eigenvalue weighted by Gasteiger charge is 2.59. The summed E-state index contributed by atoms with van der Waals surface area (Å²) in [5.74, 6) is 3.98. The lowest BCUT2D eigenvalue weighted by molar-refractivity contribution is -0.387. The van der Waals surface area contributed by atoms with E-state index in [1.165, 1.54) is 79.1 Å². The topological polar surface area (TPSA) is 148 Å². The third-order valence-corrected chi connectivity index (χ3v) is 16.2. The molecular formula is C44H70N4O7S. The Kier molecular flexibility index (Phi) is 14.1. The standard InChI is InChI=1S/C44H70N4O7S/c1-30(2)13-11-14-31(3)35-19-20-36-34-18-17-32-29-33(21-24-43(32,7)37(34)22-25-44(35,36)8)47(56(53,54)39-16-10-9-15-38(39)48(51)52)28-12-26-45-40(49)23-27-46-41(50)55-42(4,5)6/h9-10,15-17,30-31,33-37H,11-14,18-29H2,1-8H3,(H,45,49)(H,46,50)/t31-,33+,34?,35-,36?,37?,43+,44-/m1/s1. The van der Waals surface area contributed by atoms with E-state index in [-0.39, 0.29) is 48.3 Å². The number of carbonyl (C=O) groups is 2. The third kappa shape index (κ3) is 9.81. The number of alkyl carbamates (subject to hydrolysis) is 1. The molecule has 4 aliphatic carbocycles. The van der Waals surface area contributed by atoms with Gasteiger partial charge in [-0.3, -0.25) is 14.9 Å². The van der Waals surface area contributed by atoms with Gasteiger partial charge in [-0.1, -0.05) is 77.7 Å². The van der Waals surface area contributed by atoms with Crippen molar-refractivity contribution in [2.75, 3.05) is 19.6 Å². The van der Waals surface area contributed by atoms with Crippen LogP contribution in [0.2, 0.25) is 0 Å². The Hall–Kier alpha value is -2.99. The molecule has 12 heteroatoms. The smallest absolute Gasteiger partial charge is 0.407 e. The second-order valence-corrected chi connectivity index (χ2v) is 21.3. The third-order valence-electron chi connectivity index (χ3n) is 14.2. The molecule has 0 spiro atoms. The molecular weight excluding hydrogens is 729 g/mol. The van der Waals surface area contributed by atoms with Gasteiger partial charge in [0.05, 0.1) is 4.92 Å². The molecule has 4 aliphatic rings. The maximum absolute atomic E-state index is 14.5. The molecule has 0 saturated heterocycles. The average Bonchev–Trinajstić information content (AvgIpc) is 3.47. The summed E-state index contributed by atoms with van der Waals surface area (Å²) in [7, 11) is -4.25. The Bertz CT molecular complexity index is 1710. The van der Waals surface area contributed by atoms with E-state index in [2.05, 4.69) is 51.3 Å². The van der Waals surface area contributed by atoms with Crippen molar-refractivity contribution in [1.82, 2.24) is 14.9 Å². The highest BCUT2D eigenvalue weighted by atomic mass is 32.2. The van der Waals surface area contributed by atoms with Gasteiger partial charge in [0, 0.05) is 38.2 Å².